The SMILES string of the molecule is Cc1nccc(N2CCC(c3nnc4n3-c3ccc(Cl)cc3CN(C3CC3(F)F)C4)CC2)n1. The van der Waals surface area contributed by atoms with Crippen molar-refractivity contribution in [3.8, 4) is 5.69 Å². The summed E-state index contributed by atoms with van der Waals surface area (Å²) in [6.45, 7) is 4.38. The lowest BCUT2D eigenvalue weighted by atomic mass is 9.95. The summed E-state index contributed by atoms with van der Waals surface area (Å²) >= 11 is 6.28. The Labute approximate surface area is 195 Å². The van der Waals surface area contributed by atoms with Crippen LogP contribution in [0.1, 0.15) is 48.2 Å². The molecule has 0 spiro atoms. The smallest absolute Gasteiger partial charge is 0.265 e. The molecule has 33 heavy (non-hydrogen) atoms. The zero-order valence-corrected chi connectivity index (χ0v) is 19.0. The molecule has 0 bridgehead atoms. The molecule has 172 valence electrons. The van der Waals surface area contributed by atoms with Gasteiger partial charge in [0.25, 0.3) is 5.92 Å². The van der Waals surface area contributed by atoms with Gasteiger partial charge in [0.2, 0.25) is 0 Å². The zero-order chi connectivity index (χ0) is 22.7. The number of halogens is 3. The van der Waals surface area contributed by atoms with Crippen LogP contribution < -0.4 is 4.90 Å². The average Bonchev–Trinajstić information content (AvgIpc) is 3.30. The lowest BCUT2D eigenvalue weighted by Gasteiger charge is -2.32. The standard InChI is InChI=1S/C23H24ClF2N7/c1-14-27-7-4-20(28-14)31-8-5-15(6-9-31)22-30-29-21-13-32(19-11-23(19,25)26)12-16-10-17(24)2-3-18(16)33(21)22/h2-4,7,10,15,19H,5-6,8-9,11-13H2,1H3. The molecule has 10 heteroatoms. The van der Waals surface area contributed by atoms with E-state index in [9.17, 15) is 8.78 Å². The normalized spacial score (nSPS) is 22.5. The van der Waals surface area contributed by atoms with Gasteiger partial charge in [-0.15, -0.1) is 10.2 Å². The maximum absolute atomic E-state index is 13.9. The van der Waals surface area contributed by atoms with Crippen LogP contribution in [-0.4, -0.2) is 54.7 Å². The number of alkyl halides is 2. The molecule has 1 aromatic carbocycles. The van der Waals surface area contributed by atoms with Crippen LogP contribution in [0.2, 0.25) is 5.02 Å². The average molecular weight is 472 g/mol. The number of benzene rings is 1. The lowest BCUT2D eigenvalue weighted by Crippen LogP contribution is -2.34. The van der Waals surface area contributed by atoms with E-state index in [1.165, 1.54) is 0 Å². The highest BCUT2D eigenvalue weighted by Crippen LogP contribution is 2.47. The van der Waals surface area contributed by atoms with Gasteiger partial charge in [-0.25, -0.2) is 18.7 Å². The highest BCUT2D eigenvalue weighted by atomic mass is 35.5. The molecule has 2 aliphatic heterocycles. The van der Waals surface area contributed by atoms with Crippen molar-refractivity contribution in [2.24, 2.45) is 0 Å². The first-order valence-corrected chi connectivity index (χ1v) is 11.7. The van der Waals surface area contributed by atoms with Gasteiger partial charge in [0, 0.05) is 43.2 Å². The molecular formula is C23H24ClF2N7. The minimum Gasteiger partial charge on any atom is -0.356 e. The van der Waals surface area contributed by atoms with Gasteiger partial charge in [0.15, 0.2) is 5.82 Å². The summed E-state index contributed by atoms with van der Waals surface area (Å²) in [6, 6.07) is 6.87. The van der Waals surface area contributed by atoms with Crippen LogP contribution in [0.15, 0.2) is 30.5 Å². The number of nitrogens with zero attached hydrogens (tertiary/aromatic N) is 7. The molecule has 1 atom stereocenters. The van der Waals surface area contributed by atoms with Gasteiger partial charge in [0.05, 0.1) is 18.3 Å². The van der Waals surface area contributed by atoms with E-state index < -0.39 is 12.0 Å². The molecule has 3 aliphatic rings. The van der Waals surface area contributed by atoms with E-state index in [0.29, 0.717) is 23.9 Å². The molecule has 2 fully saturated rings. The van der Waals surface area contributed by atoms with Crippen molar-refractivity contribution >= 4 is 17.4 Å². The Balaban J connectivity index is 1.30. The van der Waals surface area contributed by atoms with Crippen molar-refractivity contribution < 1.29 is 8.78 Å². The van der Waals surface area contributed by atoms with E-state index in [0.717, 1.165) is 54.6 Å². The van der Waals surface area contributed by atoms with E-state index in [2.05, 4.69) is 29.6 Å². The Morgan fingerprint density at radius 1 is 1.09 bits per heavy atom. The Hall–Kier alpha value is -2.65. The van der Waals surface area contributed by atoms with E-state index in [-0.39, 0.29) is 12.3 Å². The van der Waals surface area contributed by atoms with Crippen molar-refractivity contribution in [1.82, 2.24) is 29.6 Å². The van der Waals surface area contributed by atoms with Crippen molar-refractivity contribution in [3.05, 3.63) is 58.5 Å². The second-order valence-electron chi connectivity index (χ2n) is 9.19. The highest BCUT2D eigenvalue weighted by Gasteiger charge is 2.60. The van der Waals surface area contributed by atoms with Gasteiger partial charge in [-0.3, -0.25) is 9.47 Å². The monoisotopic (exact) mass is 471 g/mol. The minimum atomic E-state index is -2.64. The molecule has 0 amide bonds. The van der Waals surface area contributed by atoms with Gasteiger partial charge in [-0.1, -0.05) is 11.6 Å². The molecular weight excluding hydrogens is 448 g/mol. The Morgan fingerprint density at radius 3 is 2.61 bits per heavy atom. The molecule has 1 unspecified atom stereocenters. The predicted molar refractivity (Wildman–Crippen MR) is 120 cm³/mol. The molecule has 1 saturated heterocycles. The van der Waals surface area contributed by atoms with Gasteiger partial charge >= 0.3 is 0 Å². The fourth-order valence-corrected chi connectivity index (χ4v) is 5.31. The third-order valence-corrected chi connectivity index (χ3v) is 7.17. The summed E-state index contributed by atoms with van der Waals surface area (Å²) < 4.78 is 29.9. The number of hydrogen-bond donors (Lipinski definition) is 0. The number of aromatic nitrogens is 5. The first kappa shape index (κ1) is 20.9. The number of aryl methyl sites for hydroxylation is 1. The molecule has 3 aromatic rings. The van der Waals surface area contributed by atoms with Crippen LogP contribution in [0.3, 0.4) is 0 Å². The highest BCUT2D eigenvalue weighted by molar-refractivity contribution is 6.30. The first-order chi connectivity index (χ1) is 15.9. The van der Waals surface area contributed by atoms with Crippen LogP contribution >= 0.6 is 11.6 Å². The molecule has 1 saturated carbocycles. The van der Waals surface area contributed by atoms with Crippen molar-refractivity contribution in [3.63, 3.8) is 0 Å². The summed E-state index contributed by atoms with van der Waals surface area (Å²) in [5.74, 6) is 0.908. The maximum atomic E-state index is 13.9. The van der Waals surface area contributed by atoms with E-state index in [4.69, 9.17) is 11.6 Å². The summed E-state index contributed by atoms with van der Waals surface area (Å²) in [5, 5.41) is 9.64. The first-order valence-electron chi connectivity index (χ1n) is 11.3. The quantitative estimate of drug-likeness (QED) is 0.572. The summed E-state index contributed by atoms with van der Waals surface area (Å²) in [4.78, 5) is 12.8. The molecule has 4 heterocycles. The van der Waals surface area contributed by atoms with Crippen molar-refractivity contribution in [1.29, 1.82) is 0 Å². The Kier molecular flexibility index (Phi) is 4.88. The molecule has 0 N–H and O–H groups in total. The largest absolute Gasteiger partial charge is 0.356 e. The van der Waals surface area contributed by atoms with Crippen LogP contribution in [0.5, 0.6) is 0 Å². The summed E-state index contributed by atoms with van der Waals surface area (Å²) in [5.41, 5.74) is 1.87. The second-order valence-corrected chi connectivity index (χ2v) is 9.63. The molecule has 2 aromatic heterocycles. The summed E-state index contributed by atoms with van der Waals surface area (Å²) in [7, 11) is 0. The number of fused-ring (bicyclic) bond motifs is 3. The number of hydrogen-bond acceptors (Lipinski definition) is 6. The molecule has 6 rings (SSSR count). The Bertz CT molecular complexity index is 1210. The van der Waals surface area contributed by atoms with E-state index in [1.54, 1.807) is 6.20 Å². The number of anilines is 1. The van der Waals surface area contributed by atoms with Crippen LogP contribution in [0.25, 0.3) is 5.69 Å². The van der Waals surface area contributed by atoms with Crippen LogP contribution in [0.4, 0.5) is 14.6 Å². The number of rotatable bonds is 3. The van der Waals surface area contributed by atoms with E-state index in [1.807, 2.05) is 36.1 Å². The van der Waals surface area contributed by atoms with E-state index >= 15 is 0 Å². The fourth-order valence-electron chi connectivity index (χ4n) is 5.12. The summed E-state index contributed by atoms with van der Waals surface area (Å²) in [6.07, 6.45) is 3.51. The van der Waals surface area contributed by atoms with Gasteiger partial charge in [-0.2, -0.15) is 0 Å². The second kappa shape index (κ2) is 7.70. The molecule has 1 aliphatic carbocycles. The van der Waals surface area contributed by atoms with Gasteiger partial charge in [0.1, 0.15) is 17.5 Å². The molecule has 7 nitrogen and oxygen atoms in total. The molecule has 0 radical (unpaired) electrons. The third-order valence-electron chi connectivity index (χ3n) is 6.93. The fraction of sp³-hybridized carbons (Fsp3) is 0.478. The third kappa shape index (κ3) is 3.77. The van der Waals surface area contributed by atoms with Gasteiger partial charge < -0.3 is 4.90 Å². The van der Waals surface area contributed by atoms with Gasteiger partial charge in [-0.05, 0) is 49.6 Å². The topological polar surface area (TPSA) is 63.0 Å². The minimum absolute atomic E-state index is 0.106. The van der Waals surface area contributed by atoms with Crippen LogP contribution in [0, 0.1) is 6.92 Å². The number of piperidine rings is 1. The zero-order valence-electron chi connectivity index (χ0n) is 18.3. The predicted octanol–water partition coefficient (Wildman–Crippen LogP) is 4.13. The maximum Gasteiger partial charge on any atom is 0.265 e. The van der Waals surface area contributed by atoms with Crippen molar-refractivity contribution in [2.45, 2.75) is 57.2 Å². The van der Waals surface area contributed by atoms with Crippen LogP contribution in [-0.2, 0) is 13.1 Å². The van der Waals surface area contributed by atoms with Crippen molar-refractivity contribution in [2.75, 3.05) is 18.0 Å². The lowest BCUT2D eigenvalue weighted by molar-refractivity contribution is 0.0663. The Morgan fingerprint density at radius 2 is 1.88 bits per heavy atom.